The van der Waals surface area contributed by atoms with E-state index >= 15 is 0 Å². The number of amides is 1. The van der Waals surface area contributed by atoms with Crippen LogP contribution in [0, 0.1) is 24.0 Å². The molecule has 0 heterocycles. The molecule has 0 aliphatic rings. The lowest BCUT2D eigenvalue weighted by Gasteiger charge is -2.07. The van der Waals surface area contributed by atoms with E-state index in [1.807, 2.05) is 6.07 Å². The number of hydrogen-bond acceptors (Lipinski definition) is 4. The Labute approximate surface area is 139 Å². The quantitative estimate of drug-likeness (QED) is 0.486. The van der Waals surface area contributed by atoms with Gasteiger partial charge < -0.3 is 5.32 Å². The molecule has 2 aromatic carbocycles. The fraction of sp³-hybridized carbons (Fsp3) is 0.235. The van der Waals surface area contributed by atoms with Crippen LogP contribution in [-0.4, -0.2) is 16.6 Å². The molecule has 0 atom stereocenters. The molecule has 23 heavy (non-hydrogen) atoms. The van der Waals surface area contributed by atoms with E-state index in [9.17, 15) is 14.9 Å². The molecule has 0 saturated carbocycles. The van der Waals surface area contributed by atoms with Crippen LogP contribution in [0.1, 0.15) is 17.5 Å². The number of anilines is 1. The summed E-state index contributed by atoms with van der Waals surface area (Å²) in [4.78, 5) is 23.5. The Morgan fingerprint density at radius 3 is 2.61 bits per heavy atom. The van der Waals surface area contributed by atoms with Gasteiger partial charge >= 0.3 is 0 Å². The zero-order valence-corrected chi connectivity index (χ0v) is 13.9. The number of carbonyl (C=O) groups is 1. The molecule has 0 aliphatic carbocycles. The minimum Gasteiger partial charge on any atom is -0.320 e. The average Bonchev–Trinajstić information content (AvgIpc) is 2.51. The molecule has 120 valence electrons. The van der Waals surface area contributed by atoms with Crippen molar-refractivity contribution in [3.05, 3.63) is 63.7 Å². The second-order valence-corrected chi connectivity index (χ2v) is 6.34. The summed E-state index contributed by atoms with van der Waals surface area (Å²) in [6.07, 6.45) is 0.295. The van der Waals surface area contributed by atoms with Crippen LogP contribution < -0.4 is 5.32 Å². The number of aryl methyl sites for hydroxylation is 2. The molecular formula is C17H18N2O3S. The molecule has 0 aromatic heterocycles. The molecule has 2 rings (SSSR count). The third-order valence-electron chi connectivity index (χ3n) is 3.45. The van der Waals surface area contributed by atoms with E-state index in [1.54, 1.807) is 23.9 Å². The number of carbonyl (C=O) groups excluding carboxylic acids is 1. The first-order chi connectivity index (χ1) is 11.0. The second-order valence-electron chi connectivity index (χ2n) is 5.17. The van der Waals surface area contributed by atoms with Crippen LogP contribution in [0.25, 0.3) is 0 Å². The minimum absolute atomic E-state index is 0.0948. The molecule has 1 amide bonds. The van der Waals surface area contributed by atoms with Gasteiger partial charge in [0.15, 0.2) is 0 Å². The number of nitrogens with one attached hydrogen (secondary N) is 1. The first kappa shape index (κ1) is 17.0. The predicted molar refractivity (Wildman–Crippen MR) is 93.0 cm³/mol. The Kier molecular flexibility index (Phi) is 5.76. The van der Waals surface area contributed by atoms with Crippen molar-refractivity contribution >= 4 is 29.0 Å². The number of nitrogens with zero attached hydrogens (tertiary/aromatic N) is 1. The van der Waals surface area contributed by atoms with E-state index < -0.39 is 4.92 Å². The second kappa shape index (κ2) is 7.78. The van der Waals surface area contributed by atoms with Gasteiger partial charge in [-0.05, 0) is 43.2 Å². The summed E-state index contributed by atoms with van der Waals surface area (Å²) in [5.74, 6) is 0.394. The predicted octanol–water partition coefficient (Wildman–Crippen LogP) is 4.33. The zero-order valence-electron chi connectivity index (χ0n) is 13.0. The van der Waals surface area contributed by atoms with Crippen LogP contribution in [0.15, 0.2) is 47.4 Å². The highest BCUT2D eigenvalue weighted by atomic mass is 32.2. The van der Waals surface area contributed by atoms with Crippen molar-refractivity contribution in [2.75, 3.05) is 11.1 Å². The molecule has 1 N–H and O–H groups in total. The maximum Gasteiger partial charge on any atom is 0.292 e. The lowest BCUT2D eigenvalue weighted by atomic mass is 10.1. The van der Waals surface area contributed by atoms with Gasteiger partial charge in [-0.3, -0.25) is 14.9 Å². The van der Waals surface area contributed by atoms with Gasteiger partial charge in [-0.15, -0.1) is 11.8 Å². The molecule has 2 aromatic rings. The molecule has 0 spiro atoms. The Hall–Kier alpha value is -2.34. The van der Waals surface area contributed by atoms with Crippen LogP contribution >= 0.6 is 11.8 Å². The summed E-state index contributed by atoms with van der Waals surface area (Å²) >= 11 is 1.60. The monoisotopic (exact) mass is 330 g/mol. The molecule has 0 bridgehead atoms. The van der Waals surface area contributed by atoms with Crippen LogP contribution in [-0.2, 0) is 4.79 Å². The van der Waals surface area contributed by atoms with Gasteiger partial charge in [0, 0.05) is 23.1 Å². The van der Waals surface area contributed by atoms with Gasteiger partial charge in [0.2, 0.25) is 5.91 Å². The third-order valence-corrected chi connectivity index (χ3v) is 4.45. The van der Waals surface area contributed by atoms with Crippen LogP contribution in [0.2, 0.25) is 0 Å². The van der Waals surface area contributed by atoms with E-state index in [1.165, 1.54) is 23.3 Å². The Morgan fingerprint density at radius 1 is 1.17 bits per heavy atom. The van der Waals surface area contributed by atoms with Gasteiger partial charge in [0.05, 0.1) is 4.92 Å². The summed E-state index contributed by atoms with van der Waals surface area (Å²) in [6, 6.07) is 12.3. The highest BCUT2D eigenvalue weighted by Gasteiger charge is 2.14. The third kappa shape index (κ3) is 4.82. The van der Waals surface area contributed by atoms with Crippen LogP contribution in [0.5, 0.6) is 0 Å². The van der Waals surface area contributed by atoms with E-state index in [4.69, 9.17) is 0 Å². The summed E-state index contributed by atoms with van der Waals surface area (Å²) in [5.41, 5.74) is 2.60. The van der Waals surface area contributed by atoms with Crippen molar-refractivity contribution in [3.8, 4) is 0 Å². The van der Waals surface area contributed by atoms with E-state index in [2.05, 4.69) is 31.3 Å². The maximum atomic E-state index is 12.0. The molecule has 5 nitrogen and oxygen atoms in total. The Bertz CT molecular complexity index is 732. The number of hydrogen-bond donors (Lipinski definition) is 1. The van der Waals surface area contributed by atoms with Crippen molar-refractivity contribution in [2.45, 2.75) is 25.2 Å². The highest BCUT2D eigenvalue weighted by molar-refractivity contribution is 7.99. The van der Waals surface area contributed by atoms with Crippen molar-refractivity contribution in [2.24, 2.45) is 0 Å². The van der Waals surface area contributed by atoms with E-state index in [0.29, 0.717) is 12.2 Å². The molecular weight excluding hydrogens is 312 g/mol. The average molecular weight is 330 g/mol. The van der Waals surface area contributed by atoms with Crippen molar-refractivity contribution < 1.29 is 9.72 Å². The molecule has 0 aliphatic heterocycles. The van der Waals surface area contributed by atoms with Gasteiger partial charge in [-0.25, -0.2) is 0 Å². The highest BCUT2D eigenvalue weighted by Crippen LogP contribution is 2.24. The van der Waals surface area contributed by atoms with E-state index in [0.717, 1.165) is 4.90 Å². The first-order valence-corrected chi connectivity index (χ1v) is 8.19. The smallest absolute Gasteiger partial charge is 0.292 e. The number of para-hydroxylation sites is 2. The Balaban J connectivity index is 1.88. The zero-order chi connectivity index (χ0) is 16.8. The first-order valence-electron chi connectivity index (χ1n) is 7.20. The fourth-order valence-electron chi connectivity index (χ4n) is 2.02. The standard InChI is InChI=1S/C17H18N2O3S/c1-12-7-8-14(11-13(12)2)23-10-9-17(20)18-15-5-3-4-6-16(15)19(21)22/h3-8,11H,9-10H2,1-2H3,(H,18,20). The van der Waals surface area contributed by atoms with Crippen molar-refractivity contribution in [1.82, 2.24) is 0 Å². The van der Waals surface area contributed by atoms with E-state index in [-0.39, 0.29) is 17.3 Å². The number of rotatable bonds is 6. The Morgan fingerprint density at radius 2 is 1.91 bits per heavy atom. The molecule has 0 saturated heterocycles. The van der Waals surface area contributed by atoms with Gasteiger partial charge in [0.25, 0.3) is 5.69 Å². The SMILES string of the molecule is Cc1ccc(SCCC(=O)Nc2ccccc2[N+](=O)[O-])cc1C. The van der Waals surface area contributed by atoms with Gasteiger partial charge in [-0.1, -0.05) is 18.2 Å². The molecule has 0 radical (unpaired) electrons. The van der Waals surface area contributed by atoms with Crippen molar-refractivity contribution in [1.29, 1.82) is 0 Å². The van der Waals surface area contributed by atoms with Crippen LogP contribution in [0.4, 0.5) is 11.4 Å². The molecule has 0 fully saturated rings. The number of nitro groups is 1. The topological polar surface area (TPSA) is 72.2 Å². The fourth-order valence-corrected chi connectivity index (χ4v) is 2.96. The molecule has 6 heteroatoms. The maximum absolute atomic E-state index is 12.0. The van der Waals surface area contributed by atoms with Crippen molar-refractivity contribution in [3.63, 3.8) is 0 Å². The number of thioether (sulfide) groups is 1. The largest absolute Gasteiger partial charge is 0.320 e. The molecule has 0 unspecified atom stereocenters. The lowest BCUT2D eigenvalue weighted by Crippen LogP contribution is -2.13. The van der Waals surface area contributed by atoms with Crippen LogP contribution in [0.3, 0.4) is 0 Å². The summed E-state index contributed by atoms with van der Waals surface area (Å²) < 4.78 is 0. The minimum atomic E-state index is -0.501. The number of nitro benzene ring substituents is 1. The number of benzene rings is 2. The summed E-state index contributed by atoms with van der Waals surface area (Å²) in [6.45, 7) is 4.12. The summed E-state index contributed by atoms with van der Waals surface area (Å²) in [7, 11) is 0. The van der Waals surface area contributed by atoms with Gasteiger partial charge in [-0.2, -0.15) is 0 Å². The normalized spacial score (nSPS) is 10.3. The lowest BCUT2D eigenvalue weighted by molar-refractivity contribution is -0.383. The summed E-state index contributed by atoms with van der Waals surface area (Å²) in [5, 5.41) is 13.5. The van der Waals surface area contributed by atoms with Gasteiger partial charge in [0.1, 0.15) is 5.69 Å².